The lowest BCUT2D eigenvalue weighted by atomic mass is 10.1. The number of amides is 1. The van der Waals surface area contributed by atoms with E-state index in [0.29, 0.717) is 22.6 Å². The lowest BCUT2D eigenvalue weighted by Gasteiger charge is -2.09. The van der Waals surface area contributed by atoms with Crippen LogP contribution in [0, 0.1) is 13.8 Å². The number of hydrogen-bond donors (Lipinski definition) is 1. The molecule has 1 aromatic heterocycles. The predicted molar refractivity (Wildman–Crippen MR) is 67.6 cm³/mol. The minimum atomic E-state index is -4.39. The zero-order valence-corrected chi connectivity index (χ0v) is 10.8. The fourth-order valence-corrected chi connectivity index (χ4v) is 1.85. The second-order valence-corrected chi connectivity index (χ2v) is 4.38. The number of carbonyl (C=O) groups excluding carboxylic acids is 1. The van der Waals surface area contributed by atoms with Gasteiger partial charge in [-0.25, -0.2) is 0 Å². The molecule has 2 rings (SSSR count). The van der Waals surface area contributed by atoms with E-state index in [9.17, 15) is 18.0 Å². The Kier molecular flexibility index (Phi) is 3.57. The smallest absolute Gasteiger partial charge is 0.416 e. The molecule has 6 heteroatoms. The summed E-state index contributed by atoms with van der Waals surface area (Å²) in [6.45, 7) is 3.37. The van der Waals surface area contributed by atoms with Crippen LogP contribution in [-0.4, -0.2) is 5.91 Å². The zero-order valence-electron chi connectivity index (χ0n) is 10.8. The summed E-state index contributed by atoms with van der Waals surface area (Å²) < 4.78 is 42.3. The monoisotopic (exact) mass is 283 g/mol. The van der Waals surface area contributed by atoms with Gasteiger partial charge < -0.3 is 9.73 Å². The Morgan fingerprint density at radius 1 is 1.15 bits per heavy atom. The van der Waals surface area contributed by atoms with Gasteiger partial charge in [0.25, 0.3) is 5.91 Å². The van der Waals surface area contributed by atoms with Gasteiger partial charge in [-0.1, -0.05) is 0 Å². The van der Waals surface area contributed by atoms with E-state index in [2.05, 4.69) is 5.32 Å². The molecular weight excluding hydrogens is 271 g/mol. The molecule has 1 N–H and O–H groups in total. The number of carbonyl (C=O) groups is 1. The minimum absolute atomic E-state index is 0.294. The van der Waals surface area contributed by atoms with E-state index in [0.717, 1.165) is 12.1 Å². The van der Waals surface area contributed by atoms with Crippen molar-refractivity contribution >= 4 is 11.6 Å². The Labute approximate surface area is 113 Å². The molecule has 0 aliphatic rings. The van der Waals surface area contributed by atoms with E-state index in [-0.39, 0.29) is 0 Å². The summed E-state index contributed by atoms with van der Waals surface area (Å²) in [7, 11) is 0. The fraction of sp³-hybridized carbons (Fsp3) is 0.214. The zero-order chi connectivity index (χ0) is 14.9. The Morgan fingerprint density at radius 2 is 1.75 bits per heavy atom. The van der Waals surface area contributed by atoms with E-state index in [4.69, 9.17) is 4.42 Å². The molecule has 0 unspecified atom stereocenters. The maximum Gasteiger partial charge on any atom is 0.416 e. The molecule has 1 amide bonds. The number of furan rings is 1. The standard InChI is InChI=1S/C14H12F3NO2/c1-8-7-20-9(2)12(8)13(19)18-11-5-3-10(4-6-11)14(15,16)17/h3-7H,1-2H3,(H,18,19). The predicted octanol–water partition coefficient (Wildman–Crippen LogP) is 4.17. The number of alkyl halides is 3. The van der Waals surface area contributed by atoms with Crippen molar-refractivity contribution in [2.75, 3.05) is 5.32 Å². The van der Waals surface area contributed by atoms with E-state index in [1.807, 2.05) is 0 Å². The van der Waals surface area contributed by atoms with Crippen molar-refractivity contribution in [3.05, 3.63) is 53.0 Å². The van der Waals surface area contributed by atoms with E-state index >= 15 is 0 Å². The van der Waals surface area contributed by atoms with Crippen molar-refractivity contribution in [1.29, 1.82) is 0 Å². The highest BCUT2D eigenvalue weighted by molar-refractivity contribution is 6.05. The highest BCUT2D eigenvalue weighted by atomic mass is 19.4. The number of aryl methyl sites for hydroxylation is 2. The Bertz CT molecular complexity index is 607. The highest BCUT2D eigenvalue weighted by Crippen LogP contribution is 2.30. The minimum Gasteiger partial charge on any atom is -0.469 e. The number of rotatable bonds is 2. The summed E-state index contributed by atoms with van der Waals surface area (Å²) in [5.74, 6) is 0.0559. The molecule has 0 spiro atoms. The normalized spacial score (nSPS) is 11.4. The summed E-state index contributed by atoms with van der Waals surface area (Å²) in [6.07, 6.45) is -2.93. The number of halogens is 3. The molecule has 0 aliphatic carbocycles. The van der Waals surface area contributed by atoms with Gasteiger partial charge in [0.05, 0.1) is 17.4 Å². The Morgan fingerprint density at radius 3 is 2.20 bits per heavy atom. The average Bonchev–Trinajstić information content (AvgIpc) is 2.68. The second-order valence-electron chi connectivity index (χ2n) is 4.38. The van der Waals surface area contributed by atoms with Crippen LogP contribution in [0.2, 0.25) is 0 Å². The summed E-state index contributed by atoms with van der Waals surface area (Å²) in [5, 5.41) is 2.54. The first-order valence-electron chi connectivity index (χ1n) is 5.82. The molecule has 0 radical (unpaired) electrons. The number of nitrogens with one attached hydrogen (secondary N) is 1. The van der Waals surface area contributed by atoms with Crippen LogP contribution >= 0.6 is 0 Å². The van der Waals surface area contributed by atoms with Gasteiger partial charge in [0.1, 0.15) is 5.76 Å². The van der Waals surface area contributed by atoms with Crippen LogP contribution < -0.4 is 5.32 Å². The van der Waals surface area contributed by atoms with Crippen molar-refractivity contribution < 1.29 is 22.4 Å². The highest BCUT2D eigenvalue weighted by Gasteiger charge is 2.30. The van der Waals surface area contributed by atoms with E-state index < -0.39 is 17.6 Å². The van der Waals surface area contributed by atoms with E-state index in [1.165, 1.54) is 18.4 Å². The lowest BCUT2D eigenvalue weighted by Crippen LogP contribution is -2.13. The van der Waals surface area contributed by atoms with Crippen molar-refractivity contribution in [1.82, 2.24) is 0 Å². The quantitative estimate of drug-likeness (QED) is 0.898. The van der Waals surface area contributed by atoms with Gasteiger partial charge in [0, 0.05) is 11.3 Å². The van der Waals surface area contributed by atoms with Crippen LogP contribution in [0.1, 0.15) is 27.2 Å². The summed E-state index contributed by atoms with van der Waals surface area (Å²) in [4.78, 5) is 12.0. The summed E-state index contributed by atoms with van der Waals surface area (Å²) in [5.41, 5.74) is 0.603. The van der Waals surface area contributed by atoms with Gasteiger partial charge in [-0.15, -0.1) is 0 Å². The second kappa shape index (κ2) is 5.03. The molecule has 0 aliphatic heterocycles. The lowest BCUT2D eigenvalue weighted by molar-refractivity contribution is -0.137. The largest absolute Gasteiger partial charge is 0.469 e. The van der Waals surface area contributed by atoms with Crippen LogP contribution in [0.25, 0.3) is 0 Å². The first-order valence-corrected chi connectivity index (χ1v) is 5.82. The molecule has 3 nitrogen and oxygen atoms in total. The van der Waals surface area contributed by atoms with Crippen molar-refractivity contribution in [3.8, 4) is 0 Å². The van der Waals surface area contributed by atoms with Crippen LogP contribution in [0.4, 0.5) is 18.9 Å². The molecule has 106 valence electrons. The van der Waals surface area contributed by atoms with Gasteiger partial charge in [-0.2, -0.15) is 13.2 Å². The molecular formula is C14H12F3NO2. The van der Waals surface area contributed by atoms with Gasteiger partial charge in [0.15, 0.2) is 0 Å². The molecule has 0 saturated heterocycles. The first kappa shape index (κ1) is 14.2. The molecule has 0 saturated carbocycles. The third-order valence-electron chi connectivity index (χ3n) is 2.86. The van der Waals surface area contributed by atoms with Gasteiger partial charge >= 0.3 is 6.18 Å². The molecule has 0 fully saturated rings. The number of benzene rings is 1. The topological polar surface area (TPSA) is 42.2 Å². The third kappa shape index (κ3) is 2.84. The maximum atomic E-state index is 12.4. The fourth-order valence-electron chi connectivity index (χ4n) is 1.85. The molecule has 0 bridgehead atoms. The van der Waals surface area contributed by atoms with Crippen molar-refractivity contribution in [2.45, 2.75) is 20.0 Å². The van der Waals surface area contributed by atoms with Gasteiger partial charge in [-0.05, 0) is 38.1 Å². The maximum absolute atomic E-state index is 12.4. The van der Waals surface area contributed by atoms with Crippen LogP contribution in [0.15, 0.2) is 34.9 Å². The Hall–Kier alpha value is -2.24. The van der Waals surface area contributed by atoms with Crippen LogP contribution in [0.3, 0.4) is 0 Å². The van der Waals surface area contributed by atoms with E-state index in [1.54, 1.807) is 13.8 Å². The molecule has 20 heavy (non-hydrogen) atoms. The van der Waals surface area contributed by atoms with Crippen LogP contribution in [0.5, 0.6) is 0 Å². The van der Waals surface area contributed by atoms with Gasteiger partial charge in [-0.3, -0.25) is 4.79 Å². The van der Waals surface area contributed by atoms with Crippen molar-refractivity contribution in [3.63, 3.8) is 0 Å². The average molecular weight is 283 g/mol. The number of hydrogen-bond acceptors (Lipinski definition) is 2. The number of anilines is 1. The SMILES string of the molecule is Cc1coc(C)c1C(=O)Nc1ccc(C(F)(F)F)cc1. The molecule has 1 heterocycles. The molecule has 1 aromatic carbocycles. The molecule has 0 atom stereocenters. The molecule has 2 aromatic rings. The van der Waals surface area contributed by atoms with Gasteiger partial charge in [0.2, 0.25) is 0 Å². The summed E-state index contributed by atoms with van der Waals surface area (Å²) in [6, 6.07) is 4.27. The summed E-state index contributed by atoms with van der Waals surface area (Å²) >= 11 is 0. The van der Waals surface area contributed by atoms with Crippen molar-refractivity contribution in [2.24, 2.45) is 0 Å². The third-order valence-corrected chi connectivity index (χ3v) is 2.86. The Balaban J connectivity index is 2.17. The first-order chi connectivity index (χ1) is 9.29. The van der Waals surface area contributed by atoms with Crippen LogP contribution in [-0.2, 0) is 6.18 Å².